The largest absolute Gasteiger partial charge is 0.394 e. The van der Waals surface area contributed by atoms with Crippen molar-refractivity contribution in [3.63, 3.8) is 0 Å². The van der Waals surface area contributed by atoms with Crippen molar-refractivity contribution in [2.24, 2.45) is 14.1 Å². The van der Waals surface area contributed by atoms with Gasteiger partial charge in [0, 0.05) is 37.9 Å². The van der Waals surface area contributed by atoms with E-state index >= 15 is 0 Å². The molecular formula is C13H23N3O3. The van der Waals surface area contributed by atoms with Crippen molar-refractivity contribution in [2.75, 3.05) is 6.61 Å². The maximum absolute atomic E-state index is 11.8. The van der Waals surface area contributed by atoms with E-state index in [9.17, 15) is 14.7 Å². The van der Waals surface area contributed by atoms with E-state index in [2.05, 4.69) is 5.32 Å². The molecule has 0 amide bonds. The second-order valence-electron chi connectivity index (χ2n) is 4.87. The van der Waals surface area contributed by atoms with E-state index in [1.807, 2.05) is 13.8 Å². The third kappa shape index (κ3) is 3.13. The Kier molecular flexibility index (Phi) is 5.08. The van der Waals surface area contributed by atoms with Crippen molar-refractivity contribution in [1.82, 2.24) is 14.5 Å². The number of hydrogen-bond acceptors (Lipinski definition) is 4. The highest BCUT2D eigenvalue weighted by molar-refractivity contribution is 5.03. The van der Waals surface area contributed by atoms with Gasteiger partial charge in [0.05, 0.1) is 6.61 Å². The molecule has 1 aromatic heterocycles. The summed E-state index contributed by atoms with van der Waals surface area (Å²) in [5, 5.41) is 12.7. The summed E-state index contributed by atoms with van der Waals surface area (Å²) in [5.74, 6) is 0. The van der Waals surface area contributed by atoms with Gasteiger partial charge in [-0.2, -0.15) is 0 Å². The maximum Gasteiger partial charge on any atom is 0.330 e. The predicted octanol–water partition coefficient (Wildman–Crippen LogP) is -0.275. The summed E-state index contributed by atoms with van der Waals surface area (Å²) in [6.07, 6.45) is 1.55. The fourth-order valence-electron chi connectivity index (χ4n) is 2.01. The van der Waals surface area contributed by atoms with Crippen LogP contribution >= 0.6 is 0 Å². The van der Waals surface area contributed by atoms with Gasteiger partial charge in [-0.25, -0.2) is 4.79 Å². The zero-order valence-electron chi connectivity index (χ0n) is 12.1. The zero-order valence-corrected chi connectivity index (χ0v) is 12.1. The first-order chi connectivity index (χ1) is 8.90. The van der Waals surface area contributed by atoms with Gasteiger partial charge in [0.25, 0.3) is 5.56 Å². The molecule has 0 unspecified atom stereocenters. The van der Waals surface area contributed by atoms with Gasteiger partial charge in [-0.05, 0) is 12.8 Å². The zero-order chi connectivity index (χ0) is 14.6. The molecule has 0 atom stereocenters. The van der Waals surface area contributed by atoms with E-state index in [0.29, 0.717) is 12.2 Å². The van der Waals surface area contributed by atoms with Crippen LogP contribution in [0.1, 0.15) is 32.4 Å². The van der Waals surface area contributed by atoms with Crippen LogP contribution in [0.3, 0.4) is 0 Å². The Hall–Kier alpha value is -1.40. The summed E-state index contributed by atoms with van der Waals surface area (Å²) in [5.41, 5.74) is -0.404. The summed E-state index contributed by atoms with van der Waals surface area (Å²) in [6.45, 7) is 4.40. The fourth-order valence-corrected chi connectivity index (χ4v) is 2.01. The molecule has 0 fully saturated rings. The van der Waals surface area contributed by atoms with Crippen molar-refractivity contribution in [3.05, 3.63) is 32.6 Å². The first kappa shape index (κ1) is 15.7. The Labute approximate surface area is 112 Å². The third-order valence-corrected chi connectivity index (χ3v) is 3.93. The van der Waals surface area contributed by atoms with Gasteiger partial charge in [-0.3, -0.25) is 13.9 Å². The molecule has 1 aromatic rings. The maximum atomic E-state index is 11.8. The lowest BCUT2D eigenvalue weighted by molar-refractivity contribution is 0.148. The Morgan fingerprint density at radius 2 is 1.79 bits per heavy atom. The minimum Gasteiger partial charge on any atom is -0.394 e. The number of rotatable bonds is 6. The number of nitrogens with one attached hydrogen (secondary N) is 1. The highest BCUT2D eigenvalue weighted by Crippen LogP contribution is 2.14. The second-order valence-corrected chi connectivity index (χ2v) is 4.87. The van der Waals surface area contributed by atoms with Gasteiger partial charge < -0.3 is 10.4 Å². The van der Waals surface area contributed by atoms with Crippen LogP contribution < -0.4 is 16.6 Å². The molecule has 6 nitrogen and oxygen atoms in total. The first-order valence-corrected chi connectivity index (χ1v) is 6.52. The summed E-state index contributed by atoms with van der Waals surface area (Å²) < 4.78 is 2.52. The summed E-state index contributed by atoms with van der Waals surface area (Å²) in [6, 6.07) is 1.45. The third-order valence-electron chi connectivity index (χ3n) is 3.93. The van der Waals surface area contributed by atoms with Gasteiger partial charge in [-0.1, -0.05) is 13.8 Å². The molecule has 0 bridgehead atoms. The quantitative estimate of drug-likeness (QED) is 0.745. The molecule has 0 aromatic carbocycles. The van der Waals surface area contributed by atoms with Crippen LogP contribution in [0.5, 0.6) is 0 Å². The fraction of sp³-hybridized carbons (Fsp3) is 0.692. The smallest absolute Gasteiger partial charge is 0.330 e. The van der Waals surface area contributed by atoms with Crippen LogP contribution in [-0.2, 0) is 20.6 Å². The monoisotopic (exact) mass is 269 g/mol. The Balaban J connectivity index is 3.02. The molecule has 1 rings (SSSR count). The van der Waals surface area contributed by atoms with Crippen molar-refractivity contribution in [2.45, 2.75) is 38.8 Å². The minimum atomic E-state index is -0.364. The van der Waals surface area contributed by atoms with Crippen LogP contribution in [0.25, 0.3) is 0 Å². The summed E-state index contributed by atoms with van der Waals surface area (Å²) in [4.78, 5) is 23.4. The molecule has 0 radical (unpaired) electrons. The van der Waals surface area contributed by atoms with Crippen molar-refractivity contribution < 1.29 is 5.11 Å². The highest BCUT2D eigenvalue weighted by Gasteiger charge is 2.24. The van der Waals surface area contributed by atoms with Crippen LogP contribution in [0.2, 0.25) is 0 Å². The average molecular weight is 269 g/mol. The molecule has 19 heavy (non-hydrogen) atoms. The van der Waals surface area contributed by atoms with Crippen LogP contribution in [-0.4, -0.2) is 26.4 Å². The average Bonchev–Trinajstić information content (AvgIpc) is 2.43. The van der Waals surface area contributed by atoms with Gasteiger partial charge >= 0.3 is 5.69 Å². The van der Waals surface area contributed by atoms with Gasteiger partial charge in [0.2, 0.25) is 0 Å². The van der Waals surface area contributed by atoms with Crippen LogP contribution in [0.15, 0.2) is 15.7 Å². The number of aliphatic hydroxyl groups excluding tert-OH is 1. The number of aliphatic hydroxyl groups is 1. The number of hydrogen-bond donors (Lipinski definition) is 2. The first-order valence-electron chi connectivity index (χ1n) is 6.52. The molecular weight excluding hydrogens is 246 g/mol. The van der Waals surface area contributed by atoms with Gasteiger partial charge in [0.15, 0.2) is 0 Å². The lowest BCUT2D eigenvalue weighted by Gasteiger charge is -2.31. The number of nitrogens with zero attached hydrogens (tertiary/aromatic N) is 2. The molecule has 0 saturated heterocycles. The predicted molar refractivity (Wildman–Crippen MR) is 74.2 cm³/mol. The molecule has 108 valence electrons. The Morgan fingerprint density at radius 1 is 1.21 bits per heavy atom. The topological polar surface area (TPSA) is 76.3 Å². The molecule has 0 aliphatic heterocycles. The minimum absolute atomic E-state index is 0.0266. The standard InChI is InChI=1S/C13H23N3O3/c1-5-13(6-2,9-17)14-8-10-7-11(18)16(4)12(19)15(10)3/h7,14,17H,5-6,8-9H2,1-4H3. The molecule has 0 saturated carbocycles. The molecule has 2 N–H and O–H groups in total. The van der Waals surface area contributed by atoms with E-state index in [1.165, 1.54) is 17.7 Å². The van der Waals surface area contributed by atoms with Crippen LogP contribution in [0, 0.1) is 0 Å². The van der Waals surface area contributed by atoms with E-state index in [-0.39, 0.29) is 23.4 Å². The molecule has 0 aliphatic carbocycles. The molecule has 0 spiro atoms. The van der Waals surface area contributed by atoms with Gasteiger partial charge in [0.1, 0.15) is 0 Å². The SMILES string of the molecule is CCC(CC)(CO)NCc1cc(=O)n(C)c(=O)n1C. The van der Waals surface area contributed by atoms with E-state index < -0.39 is 0 Å². The Morgan fingerprint density at radius 3 is 2.26 bits per heavy atom. The lowest BCUT2D eigenvalue weighted by atomic mass is 9.94. The molecule has 0 aliphatic rings. The van der Waals surface area contributed by atoms with Crippen molar-refractivity contribution >= 4 is 0 Å². The normalized spacial score (nSPS) is 11.8. The van der Waals surface area contributed by atoms with E-state index in [0.717, 1.165) is 17.4 Å². The Bertz CT molecular complexity index is 533. The second kappa shape index (κ2) is 6.16. The van der Waals surface area contributed by atoms with E-state index in [1.54, 1.807) is 7.05 Å². The van der Waals surface area contributed by atoms with E-state index in [4.69, 9.17) is 0 Å². The van der Waals surface area contributed by atoms with Crippen LogP contribution in [0.4, 0.5) is 0 Å². The highest BCUT2D eigenvalue weighted by atomic mass is 16.3. The lowest BCUT2D eigenvalue weighted by Crippen LogP contribution is -2.48. The van der Waals surface area contributed by atoms with Crippen molar-refractivity contribution in [3.8, 4) is 0 Å². The molecule has 1 heterocycles. The summed E-state index contributed by atoms with van der Waals surface area (Å²) in [7, 11) is 3.09. The van der Waals surface area contributed by atoms with Gasteiger partial charge in [-0.15, -0.1) is 0 Å². The number of aromatic nitrogens is 2. The van der Waals surface area contributed by atoms with Crippen molar-refractivity contribution in [1.29, 1.82) is 0 Å². The summed E-state index contributed by atoms with van der Waals surface area (Å²) >= 11 is 0. The molecule has 6 heteroatoms.